The lowest BCUT2D eigenvalue weighted by atomic mass is 10.0. The molecule has 1 aliphatic rings. The highest BCUT2D eigenvalue weighted by atomic mass is 16.5. The first-order chi connectivity index (χ1) is 11.7. The van der Waals surface area contributed by atoms with Crippen molar-refractivity contribution in [2.45, 2.75) is 45.6 Å². The first kappa shape index (κ1) is 18.6. The van der Waals surface area contributed by atoms with Crippen molar-refractivity contribution in [2.75, 3.05) is 33.4 Å². The minimum atomic E-state index is -0.0666. The zero-order valence-electron chi connectivity index (χ0n) is 15.1. The van der Waals surface area contributed by atoms with Crippen LogP contribution in [-0.4, -0.2) is 50.2 Å². The molecule has 1 heterocycles. The van der Waals surface area contributed by atoms with E-state index < -0.39 is 0 Å². The van der Waals surface area contributed by atoms with E-state index in [2.05, 4.69) is 17.1 Å². The van der Waals surface area contributed by atoms with Gasteiger partial charge < -0.3 is 19.7 Å². The molecule has 0 aliphatic carbocycles. The molecule has 1 aromatic carbocycles. The van der Waals surface area contributed by atoms with Crippen LogP contribution in [-0.2, 0) is 0 Å². The van der Waals surface area contributed by atoms with E-state index >= 15 is 0 Å². The summed E-state index contributed by atoms with van der Waals surface area (Å²) in [6.07, 6.45) is 4.90. The summed E-state index contributed by atoms with van der Waals surface area (Å²) in [6, 6.07) is 5.96. The van der Waals surface area contributed by atoms with Gasteiger partial charge in [0, 0.05) is 24.7 Å². The van der Waals surface area contributed by atoms with Gasteiger partial charge in [0.25, 0.3) is 5.91 Å². The van der Waals surface area contributed by atoms with Crippen LogP contribution in [0.1, 0.15) is 49.9 Å². The van der Waals surface area contributed by atoms with Gasteiger partial charge in [-0.15, -0.1) is 0 Å². The predicted molar refractivity (Wildman–Crippen MR) is 96.0 cm³/mol. The van der Waals surface area contributed by atoms with Crippen molar-refractivity contribution < 1.29 is 14.3 Å². The van der Waals surface area contributed by atoms with Gasteiger partial charge in [0.15, 0.2) is 11.5 Å². The minimum absolute atomic E-state index is 0.0666. The van der Waals surface area contributed by atoms with Gasteiger partial charge in [-0.25, -0.2) is 0 Å². The van der Waals surface area contributed by atoms with Crippen LogP contribution in [0.2, 0.25) is 0 Å². The normalized spacial score (nSPS) is 18.2. The zero-order valence-corrected chi connectivity index (χ0v) is 15.1. The molecule has 5 heteroatoms. The maximum Gasteiger partial charge on any atom is 0.251 e. The third-order valence-corrected chi connectivity index (χ3v) is 4.57. The summed E-state index contributed by atoms with van der Waals surface area (Å²) in [4.78, 5) is 14.8. The number of benzene rings is 1. The van der Waals surface area contributed by atoms with Gasteiger partial charge >= 0.3 is 0 Å². The standard InChI is InChI=1S/C19H30N2O3/c1-4-24-17-10-9-16(14-18(17)23-3)19(22)20-11-7-13-21-12-6-5-8-15(21)2/h9-10,14-15H,4-8,11-13H2,1-3H3,(H,20,22). The predicted octanol–water partition coefficient (Wildman–Crippen LogP) is 3.09. The van der Waals surface area contributed by atoms with Crippen molar-refractivity contribution in [1.82, 2.24) is 10.2 Å². The Labute approximate surface area is 145 Å². The van der Waals surface area contributed by atoms with E-state index in [1.54, 1.807) is 25.3 Å². The fourth-order valence-corrected chi connectivity index (χ4v) is 3.16. The molecule has 2 rings (SSSR count). The number of nitrogens with zero attached hydrogens (tertiary/aromatic N) is 1. The molecule has 5 nitrogen and oxygen atoms in total. The van der Waals surface area contributed by atoms with Crippen LogP contribution < -0.4 is 14.8 Å². The summed E-state index contributed by atoms with van der Waals surface area (Å²) in [6.45, 7) is 7.71. The number of hydrogen-bond acceptors (Lipinski definition) is 4. The number of carbonyl (C=O) groups is 1. The summed E-state index contributed by atoms with van der Waals surface area (Å²) in [5.74, 6) is 1.19. The van der Waals surface area contributed by atoms with Crippen molar-refractivity contribution in [3.05, 3.63) is 23.8 Å². The van der Waals surface area contributed by atoms with Crippen molar-refractivity contribution in [2.24, 2.45) is 0 Å². The van der Waals surface area contributed by atoms with Gasteiger partial charge in [0.1, 0.15) is 0 Å². The average molecular weight is 334 g/mol. The van der Waals surface area contributed by atoms with Crippen molar-refractivity contribution >= 4 is 5.91 Å². The monoisotopic (exact) mass is 334 g/mol. The third kappa shape index (κ3) is 5.13. The molecule has 0 radical (unpaired) electrons. The Morgan fingerprint density at radius 3 is 2.88 bits per heavy atom. The quantitative estimate of drug-likeness (QED) is 0.742. The van der Waals surface area contributed by atoms with Crippen molar-refractivity contribution in [3.8, 4) is 11.5 Å². The van der Waals surface area contributed by atoms with Crippen LogP contribution in [0.15, 0.2) is 18.2 Å². The lowest BCUT2D eigenvalue weighted by Gasteiger charge is -2.33. The van der Waals surface area contributed by atoms with Gasteiger partial charge in [-0.1, -0.05) is 6.42 Å². The summed E-state index contributed by atoms with van der Waals surface area (Å²) in [5.41, 5.74) is 0.599. The van der Waals surface area contributed by atoms with E-state index in [9.17, 15) is 4.79 Å². The summed E-state index contributed by atoms with van der Waals surface area (Å²) in [5, 5.41) is 2.99. The fourth-order valence-electron chi connectivity index (χ4n) is 3.16. The van der Waals surface area contributed by atoms with Crippen molar-refractivity contribution in [3.63, 3.8) is 0 Å². The number of methoxy groups -OCH3 is 1. The van der Waals surface area contributed by atoms with Gasteiger partial charge in [-0.2, -0.15) is 0 Å². The molecule has 134 valence electrons. The Kier molecular flexibility index (Phi) is 7.37. The van der Waals surface area contributed by atoms with Crippen LogP contribution in [0.3, 0.4) is 0 Å². The molecule has 0 saturated carbocycles. The Hall–Kier alpha value is -1.75. The maximum atomic E-state index is 12.3. The zero-order chi connectivity index (χ0) is 17.4. The molecule has 1 amide bonds. The van der Waals surface area contributed by atoms with Crippen LogP contribution in [0.25, 0.3) is 0 Å². The molecule has 1 N–H and O–H groups in total. The topological polar surface area (TPSA) is 50.8 Å². The molecular formula is C19H30N2O3. The van der Waals surface area contributed by atoms with Gasteiger partial charge in [-0.3, -0.25) is 4.79 Å². The number of ether oxygens (including phenoxy) is 2. The van der Waals surface area contributed by atoms with Crippen LogP contribution in [0.4, 0.5) is 0 Å². The number of rotatable bonds is 8. The second-order valence-corrected chi connectivity index (χ2v) is 6.29. The van der Waals surface area contributed by atoms with E-state index in [4.69, 9.17) is 9.47 Å². The minimum Gasteiger partial charge on any atom is -0.493 e. The fraction of sp³-hybridized carbons (Fsp3) is 0.632. The molecule has 0 spiro atoms. The van der Waals surface area contributed by atoms with Crippen molar-refractivity contribution in [1.29, 1.82) is 0 Å². The van der Waals surface area contributed by atoms with Crippen LogP contribution in [0.5, 0.6) is 11.5 Å². The SMILES string of the molecule is CCOc1ccc(C(=O)NCCCN2CCCCC2C)cc1OC. The molecule has 1 aromatic rings. The molecular weight excluding hydrogens is 304 g/mol. The van der Waals surface area contributed by atoms with E-state index in [1.165, 1.54) is 25.8 Å². The second-order valence-electron chi connectivity index (χ2n) is 6.29. The summed E-state index contributed by atoms with van der Waals surface area (Å²) in [7, 11) is 1.58. The number of piperidine rings is 1. The molecule has 1 unspecified atom stereocenters. The highest BCUT2D eigenvalue weighted by Gasteiger charge is 2.17. The lowest BCUT2D eigenvalue weighted by molar-refractivity contribution is 0.0948. The molecule has 1 saturated heterocycles. The molecule has 1 fully saturated rings. The average Bonchev–Trinajstić information content (AvgIpc) is 2.60. The number of carbonyl (C=O) groups excluding carboxylic acids is 1. The molecule has 1 aliphatic heterocycles. The highest BCUT2D eigenvalue weighted by Crippen LogP contribution is 2.28. The Morgan fingerprint density at radius 1 is 1.33 bits per heavy atom. The third-order valence-electron chi connectivity index (χ3n) is 4.57. The first-order valence-corrected chi connectivity index (χ1v) is 8.98. The number of amides is 1. The number of likely N-dealkylation sites (tertiary alicyclic amines) is 1. The van der Waals surface area contributed by atoms with Gasteiger partial charge in [-0.05, 0) is 57.9 Å². The largest absolute Gasteiger partial charge is 0.493 e. The van der Waals surface area contributed by atoms with E-state index in [0.29, 0.717) is 36.3 Å². The second kappa shape index (κ2) is 9.52. The Balaban J connectivity index is 1.79. The van der Waals surface area contributed by atoms with Crippen LogP contribution >= 0.6 is 0 Å². The van der Waals surface area contributed by atoms with Gasteiger partial charge in [0.2, 0.25) is 0 Å². The first-order valence-electron chi connectivity index (χ1n) is 8.98. The smallest absolute Gasteiger partial charge is 0.251 e. The maximum absolute atomic E-state index is 12.3. The summed E-state index contributed by atoms with van der Waals surface area (Å²) < 4.78 is 10.8. The lowest BCUT2D eigenvalue weighted by Crippen LogP contribution is -2.39. The highest BCUT2D eigenvalue weighted by molar-refractivity contribution is 5.94. The van der Waals surface area contributed by atoms with Gasteiger partial charge in [0.05, 0.1) is 13.7 Å². The Bertz CT molecular complexity index is 533. The Morgan fingerprint density at radius 2 is 2.17 bits per heavy atom. The molecule has 0 aromatic heterocycles. The molecule has 1 atom stereocenters. The summed E-state index contributed by atoms with van der Waals surface area (Å²) >= 11 is 0. The van der Waals surface area contributed by atoms with E-state index in [0.717, 1.165) is 13.0 Å². The van der Waals surface area contributed by atoms with E-state index in [-0.39, 0.29) is 5.91 Å². The number of hydrogen-bond donors (Lipinski definition) is 1. The number of nitrogens with one attached hydrogen (secondary N) is 1. The van der Waals surface area contributed by atoms with E-state index in [1.807, 2.05) is 6.92 Å². The van der Waals surface area contributed by atoms with Crippen LogP contribution in [0, 0.1) is 0 Å². The molecule has 24 heavy (non-hydrogen) atoms. The molecule has 0 bridgehead atoms.